The van der Waals surface area contributed by atoms with Crippen LogP contribution in [0, 0.1) is 0 Å². The van der Waals surface area contributed by atoms with Gasteiger partial charge >= 0.3 is 12.0 Å². The molecule has 0 aromatic carbocycles. The summed E-state index contributed by atoms with van der Waals surface area (Å²) in [5, 5.41) is 1.98. The minimum atomic E-state index is -0.876. The molecule has 1 aliphatic heterocycles. The van der Waals surface area contributed by atoms with Gasteiger partial charge < -0.3 is 15.2 Å². The highest BCUT2D eigenvalue weighted by Crippen LogP contribution is 2.08. The number of primary amides is 1. The Balaban J connectivity index is 2.36. The number of rotatable bonds is 4. The van der Waals surface area contributed by atoms with E-state index in [1.54, 1.807) is 4.90 Å². The third-order valence-electron chi connectivity index (χ3n) is 2.47. The van der Waals surface area contributed by atoms with Gasteiger partial charge in [0.15, 0.2) is 0 Å². The van der Waals surface area contributed by atoms with Crippen LogP contribution in [0.25, 0.3) is 0 Å². The number of hydrogen-bond acceptors (Lipinski definition) is 6. The molecule has 8 nitrogen and oxygen atoms in total. The largest absolute Gasteiger partial charge is 0.469 e. The summed E-state index contributed by atoms with van der Waals surface area (Å²) in [6, 6.07) is -0.876. The van der Waals surface area contributed by atoms with Crippen molar-refractivity contribution in [3.63, 3.8) is 0 Å². The van der Waals surface area contributed by atoms with E-state index in [-0.39, 0.29) is 25.0 Å². The Hall–Kier alpha value is -1.67. The van der Waals surface area contributed by atoms with Crippen LogP contribution in [0.5, 0.6) is 0 Å². The lowest BCUT2D eigenvalue weighted by atomic mass is 10.2. The number of amides is 3. The van der Waals surface area contributed by atoms with Crippen LogP contribution in [0.4, 0.5) is 4.79 Å². The first kappa shape index (κ1) is 14.4. The topological polar surface area (TPSA) is 111 Å². The van der Waals surface area contributed by atoms with Gasteiger partial charge in [-0.05, 0) is 0 Å². The van der Waals surface area contributed by atoms with Crippen LogP contribution in [0.15, 0.2) is 0 Å². The SMILES string of the molecule is COC(=O)CC1CN(CC(=O)NC(N)=O)CCO1. The van der Waals surface area contributed by atoms with E-state index in [4.69, 9.17) is 10.5 Å². The molecule has 0 spiro atoms. The first-order chi connectivity index (χ1) is 8.51. The molecule has 1 saturated heterocycles. The first-order valence-electron chi connectivity index (χ1n) is 5.51. The maximum Gasteiger partial charge on any atom is 0.318 e. The van der Waals surface area contributed by atoms with Crippen LogP contribution in [0.1, 0.15) is 6.42 Å². The summed E-state index contributed by atoms with van der Waals surface area (Å²) in [7, 11) is 1.31. The van der Waals surface area contributed by atoms with Crippen molar-refractivity contribution in [3.8, 4) is 0 Å². The number of nitrogens with two attached hydrogens (primary N) is 1. The zero-order valence-corrected chi connectivity index (χ0v) is 10.2. The fourth-order valence-corrected chi connectivity index (χ4v) is 1.70. The van der Waals surface area contributed by atoms with Crippen molar-refractivity contribution < 1.29 is 23.9 Å². The van der Waals surface area contributed by atoms with E-state index in [1.165, 1.54) is 7.11 Å². The molecular formula is C10H17N3O5. The van der Waals surface area contributed by atoms with Gasteiger partial charge in [0.25, 0.3) is 0 Å². The second-order valence-electron chi connectivity index (χ2n) is 3.92. The molecule has 1 rings (SSSR count). The lowest BCUT2D eigenvalue weighted by molar-refractivity contribution is -0.145. The standard InChI is InChI=1S/C10H17N3O5/c1-17-9(15)4-7-5-13(2-3-18-7)6-8(14)12-10(11)16/h7H,2-6H2,1H3,(H3,11,12,14,16). The molecule has 1 fully saturated rings. The number of urea groups is 1. The van der Waals surface area contributed by atoms with Crippen molar-refractivity contribution >= 4 is 17.9 Å². The summed E-state index contributed by atoms with van der Waals surface area (Å²) in [6.45, 7) is 1.46. The molecule has 0 saturated carbocycles. The Labute approximate surface area is 104 Å². The number of methoxy groups -OCH3 is 1. The molecule has 1 atom stereocenters. The van der Waals surface area contributed by atoms with Crippen molar-refractivity contribution in [2.45, 2.75) is 12.5 Å². The van der Waals surface area contributed by atoms with Gasteiger partial charge in [-0.15, -0.1) is 0 Å². The summed E-state index contributed by atoms with van der Waals surface area (Å²) in [5.41, 5.74) is 4.83. The average molecular weight is 259 g/mol. The predicted molar refractivity (Wildman–Crippen MR) is 60.5 cm³/mol. The molecule has 0 aliphatic carbocycles. The smallest absolute Gasteiger partial charge is 0.318 e. The normalized spacial score (nSPS) is 20.2. The van der Waals surface area contributed by atoms with E-state index < -0.39 is 11.9 Å². The molecule has 1 heterocycles. The Morgan fingerprint density at radius 1 is 1.50 bits per heavy atom. The maximum atomic E-state index is 11.3. The van der Waals surface area contributed by atoms with Gasteiger partial charge in [-0.2, -0.15) is 0 Å². The number of morpholine rings is 1. The first-order valence-corrected chi connectivity index (χ1v) is 5.51. The van der Waals surface area contributed by atoms with E-state index in [9.17, 15) is 14.4 Å². The third kappa shape index (κ3) is 5.11. The van der Waals surface area contributed by atoms with E-state index in [1.807, 2.05) is 5.32 Å². The number of ether oxygens (including phenoxy) is 2. The minimum absolute atomic E-state index is 0.0456. The quantitative estimate of drug-likeness (QED) is 0.591. The van der Waals surface area contributed by atoms with Crippen LogP contribution in [-0.4, -0.2) is 62.3 Å². The third-order valence-corrected chi connectivity index (χ3v) is 2.47. The molecule has 0 aromatic heterocycles. The van der Waals surface area contributed by atoms with Crippen LogP contribution in [0.2, 0.25) is 0 Å². The molecule has 102 valence electrons. The number of carbonyl (C=O) groups is 3. The molecular weight excluding hydrogens is 242 g/mol. The minimum Gasteiger partial charge on any atom is -0.469 e. The molecule has 3 N–H and O–H groups in total. The van der Waals surface area contributed by atoms with Gasteiger partial charge in [-0.3, -0.25) is 19.8 Å². The maximum absolute atomic E-state index is 11.3. The van der Waals surface area contributed by atoms with Gasteiger partial charge in [0.2, 0.25) is 5.91 Å². The van der Waals surface area contributed by atoms with Crippen molar-refractivity contribution in [1.29, 1.82) is 0 Å². The lowest BCUT2D eigenvalue weighted by Gasteiger charge is -2.31. The highest BCUT2D eigenvalue weighted by molar-refractivity contribution is 5.94. The highest BCUT2D eigenvalue weighted by atomic mass is 16.5. The second-order valence-corrected chi connectivity index (χ2v) is 3.92. The molecule has 1 aliphatic rings. The fraction of sp³-hybridized carbons (Fsp3) is 0.700. The number of imide groups is 1. The fourth-order valence-electron chi connectivity index (χ4n) is 1.70. The van der Waals surface area contributed by atoms with E-state index in [0.29, 0.717) is 19.7 Å². The zero-order valence-electron chi connectivity index (χ0n) is 10.2. The summed E-state index contributed by atoms with van der Waals surface area (Å²) >= 11 is 0. The summed E-state index contributed by atoms with van der Waals surface area (Å²) in [6.07, 6.45) is -0.155. The average Bonchev–Trinajstić information content (AvgIpc) is 2.28. The number of carbonyl (C=O) groups excluding carboxylic acids is 3. The molecule has 18 heavy (non-hydrogen) atoms. The monoisotopic (exact) mass is 259 g/mol. The van der Waals surface area contributed by atoms with Gasteiger partial charge in [-0.1, -0.05) is 0 Å². The zero-order chi connectivity index (χ0) is 13.5. The highest BCUT2D eigenvalue weighted by Gasteiger charge is 2.24. The van der Waals surface area contributed by atoms with Crippen LogP contribution in [0.3, 0.4) is 0 Å². The van der Waals surface area contributed by atoms with E-state index in [2.05, 4.69) is 4.74 Å². The van der Waals surface area contributed by atoms with Gasteiger partial charge in [-0.25, -0.2) is 4.79 Å². The van der Waals surface area contributed by atoms with Crippen LogP contribution >= 0.6 is 0 Å². The Morgan fingerprint density at radius 3 is 2.83 bits per heavy atom. The second kappa shape index (κ2) is 6.92. The Morgan fingerprint density at radius 2 is 2.22 bits per heavy atom. The van der Waals surface area contributed by atoms with Gasteiger partial charge in [0.05, 0.1) is 32.8 Å². The Bertz CT molecular complexity index is 333. The molecule has 1 unspecified atom stereocenters. The van der Waals surface area contributed by atoms with Crippen molar-refractivity contribution in [2.24, 2.45) is 5.73 Å². The lowest BCUT2D eigenvalue weighted by Crippen LogP contribution is -2.49. The summed E-state index contributed by atoms with van der Waals surface area (Å²) < 4.78 is 9.92. The van der Waals surface area contributed by atoms with Gasteiger partial charge in [0.1, 0.15) is 0 Å². The number of nitrogens with zero attached hydrogens (tertiary/aromatic N) is 1. The molecule has 8 heteroatoms. The number of nitrogens with one attached hydrogen (secondary N) is 1. The van der Waals surface area contributed by atoms with Crippen molar-refractivity contribution in [3.05, 3.63) is 0 Å². The van der Waals surface area contributed by atoms with Gasteiger partial charge in [0, 0.05) is 13.1 Å². The summed E-state index contributed by atoms with van der Waals surface area (Å²) in [4.78, 5) is 34.7. The number of hydrogen-bond donors (Lipinski definition) is 2. The van der Waals surface area contributed by atoms with Crippen LogP contribution in [-0.2, 0) is 19.1 Å². The van der Waals surface area contributed by atoms with Crippen LogP contribution < -0.4 is 11.1 Å². The molecule has 0 radical (unpaired) electrons. The molecule has 3 amide bonds. The van der Waals surface area contributed by atoms with Crippen molar-refractivity contribution in [1.82, 2.24) is 10.2 Å². The predicted octanol–water partition coefficient (Wildman–Crippen LogP) is -1.55. The molecule has 0 bridgehead atoms. The Kier molecular flexibility index (Phi) is 5.53. The summed E-state index contributed by atoms with van der Waals surface area (Å²) in [5.74, 6) is -0.829. The van der Waals surface area contributed by atoms with E-state index >= 15 is 0 Å². The molecule has 0 aromatic rings. The van der Waals surface area contributed by atoms with Crippen molar-refractivity contribution in [2.75, 3.05) is 33.4 Å². The van der Waals surface area contributed by atoms with E-state index in [0.717, 1.165) is 0 Å². The number of esters is 1.